The summed E-state index contributed by atoms with van der Waals surface area (Å²) in [6.07, 6.45) is 3.40. The number of rotatable bonds is 5. The molecule has 0 saturated carbocycles. The van der Waals surface area contributed by atoms with Gasteiger partial charge in [0.2, 0.25) is 5.91 Å². The summed E-state index contributed by atoms with van der Waals surface area (Å²) in [5, 5.41) is 0. The zero-order chi connectivity index (χ0) is 18.4. The van der Waals surface area contributed by atoms with Crippen molar-refractivity contribution in [3.05, 3.63) is 28.8 Å². The van der Waals surface area contributed by atoms with Crippen molar-refractivity contribution >= 4 is 11.8 Å². The van der Waals surface area contributed by atoms with Crippen LogP contribution in [0.1, 0.15) is 54.1 Å². The molecular weight excluding hydrogens is 316 g/mol. The maximum atomic E-state index is 13.0. The van der Waals surface area contributed by atoms with E-state index in [1.165, 1.54) is 0 Å². The third-order valence-corrected chi connectivity index (χ3v) is 4.85. The van der Waals surface area contributed by atoms with Crippen molar-refractivity contribution in [3.63, 3.8) is 0 Å². The second kappa shape index (κ2) is 8.88. The molecule has 1 fully saturated rings. The fourth-order valence-corrected chi connectivity index (χ4v) is 3.27. The van der Waals surface area contributed by atoms with Gasteiger partial charge in [0, 0.05) is 38.2 Å². The van der Waals surface area contributed by atoms with Crippen LogP contribution in [0.3, 0.4) is 0 Å². The van der Waals surface area contributed by atoms with Crippen molar-refractivity contribution in [2.24, 2.45) is 0 Å². The molecule has 1 aliphatic rings. The van der Waals surface area contributed by atoms with Crippen molar-refractivity contribution < 1.29 is 14.3 Å². The number of hydrogen-bond acceptors (Lipinski definition) is 3. The molecular formula is C20H30N2O3. The zero-order valence-electron chi connectivity index (χ0n) is 15.9. The average molecular weight is 346 g/mol. The summed E-state index contributed by atoms with van der Waals surface area (Å²) in [6, 6.07) is 3.83. The Morgan fingerprint density at radius 2 is 1.72 bits per heavy atom. The van der Waals surface area contributed by atoms with Crippen LogP contribution in [0.4, 0.5) is 0 Å². The Kier molecular flexibility index (Phi) is 6.85. The molecule has 5 nitrogen and oxygen atoms in total. The lowest BCUT2D eigenvalue weighted by Gasteiger charge is -2.23. The van der Waals surface area contributed by atoms with Gasteiger partial charge in [-0.1, -0.05) is 13.3 Å². The van der Waals surface area contributed by atoms with E-state index in [0.717, 1.165) is 48.2 Å². The van der Waals surface area contributed by atoms with E-state index in [1.807, 2.05) is 35.8 Å². The molecule has 0 aromatic heterocycles. The van der Waals surface area contributed by atoms with Crippen LogP contribution in [0.15, 0.2) is 12.1 Å². The van der Waals surface area contributed by atoms with Gasteiger partial charge in [0.05, 0.1) is 7.11 Å². The Morgan fingerprint density at radius 1 is 1.04 bits per heavy atom. The van der Waals surface area contributed by atoms with Crippen LogP contribution < -0.4 is 4.74 Å². The Balaban J connectivity index is 2.06. The molecule has 25 heavy (non-hydrogen) atoms. The maximum absolute atomic E-state index is 13.0. The molecule has 1 heterocycles. The van der Waals surface area contributed by atoms with Crippen LogP contribution in [0.2, 0.25) is 0 Å². The van der Waals surface area contributed by atoms with E-state index in [-0.39, 0.29) is 11.8 Å². The summed E-state index contributed by atoms with van der Waals surface area (Å²) < 4.78 is 5.33. The predicted molar refractivity (Wildman–Crippen MR) is 99.1 cm³/mol. The van der Waals surface area contributed by atoms with E-state index < -0.39 is 0 Å². The molecule has 2 rings (SSSR count). The number of ether oxygens (including phenoxy) is 1. The molecule has 0 bridgehead atoms. The van der Waals surface area contributed by atoms with Crippen LogP contribution in [-0.2, 0) is 4.79 Å². The van der Waals surface area contributed by atoms with Gasteiger partial charge < -0.3 is 14.5 Å². The summed E-state index contributed by atoms with van der Waals surface area (Å²) in [4.78, 5) is 29.0. The standard InChI is InChI=1S/C20H30N2O3/c1-5-6-8-19(23)21-9-7-10-22(12-11-21)20(24)17-13-16(3)18(25-4)14-15(17)2/h13-14H,5-12H2,1-4H3. The van der Waals surface area contributed by atoms with Crippen LogP contribution in [0, 0.1) is 13.8 Å². The largest absolute Gasteiger partial charge is 0.496 e. The smallest absolute Gasteiger partial charge is 0.254 e. The normalized spacial score (nSPS) is 15.0. The fraction of sp³-hybridized carbons (Fsp3) is 0.600. The van der Waals surface area contributed by atoms with Gasteiger partial charge in [-0.2, -0.15) is 0 Å². The number of carbonyl (C=O) groups excluding carboxylic acids is 2. The summed E-state index contributed by atoms with van der Waals surface area (Å²) >= 11 is 0. The highest BCUT2D eigenvalue weighted by molar-refractivity contribution is 5.96. The minimum absolute atomic E-state index is 0.0473. The minimum Gasteiger partial charge on any atom is -0.496 e. The molecule has 0 aliphatic carbocycles. The van der Waals surface area contributed by atoms with Crippen molar-refractivity contribution in [2.75, 3.05) is 33.3 Å². The molecule has 0 atom stereocenters. The quantitative estimate of drug-likeness (QED) is 0.823. The maximum Gasteiger partial charge on any atom is 0.254 e. The van der Waals surface area contributed by atoms with Gasteiger partial charge in [0.1, 0.15) is 5.75 Å². The summed E-state index contributed by atoms with van der Waals surface area (Å²) in [5.41, 5.74) is 2.61. The first-order valence-corrected chi connectivity index (χ1v) is 9.20. The van der Waals surface area contributed by atoms with Gasteiger partial charge in [0.25, 0.3) is 5.91 Å². The van der Waals surface area contributed by atoms with Gasteiger partial charge >= 0.3 is 0 Å². The molecule has 1 aromatic carbocycles. The van der Waals surface area contributed by atoms with E-state index in [1.54, 1.807) is 7.11 Å². The monoisotopic (exact) mass is 346 g/mol. The number of unbranched alkanes of at least 4 members (excludes halogenated alkanes) is 1. The Hall–Kier alpha value is -2.04. The van der Waals surface area contributed by atoms with Gasteiger partial charge in [-0.25, -0.2) is 0 Å². The van der Waals surface area contributed by atoms with Crippen molar-refractivity contribution in [2.45, 2.75) is 46.5 Å². The molecule has 2 amide bonds. The predicted octanol–water partition coefficient (Wildman–Crippen LogP) is 3.18. The number of hydrogen-bond donors (Lipinski definition) is 0. The first-order chi connectivity index (χ1) is 12.0. The SMILES string of the molecule is CCCCC(=O)N1CCCN(C(=O)c2cc(C)c(OC)cc2C)CC1. The van der Waals surface area contributed by atoms with Crippen molar-refractivity contribution in [1.82, 2.24) is 9.80 Å². The van der Waals surface area contributed by atoms with E-state index in [4.69, 9.17) is 4.74 Å². The van der Waals surface area contributed by atoms with Crippen LogP contribution in [0.25, 0.3) is 0 Å². The van der Waals surface area contributed by atoms with E-state index in [2.05, 4.69) is 6.92 Å². The van der Waals surface area contributed by atoms with Gasteiger partial charge in [-0.3, -0.25) is 9.59 Å². The molecule has 0 radical (unpaired) electrons. The number of carbonyl (C=O) groups is 2. The van der Waals surface area contributed by atoms with Crippen LogP contribution >= 0.6 is 0 Å². The topological polar surface area (TPSA) is 49.9 Å². The first kappa shape index (κ1) is 19.3. The summed E-state index contributed by atoms with van der Waals surface area (Å²) in [5.74, 6) is 1.07. The van der Waals surface area contributed by atoms with E-state index >= 15 is 0 Å². The lowest BCUT2D eigenvalue weighted by atomic mass is 10.0. The number of nitrogens with zero attached hydrogens (tertiary/aromatic N) is 2. The van der Waals surface area contributed by atoms with E-state index in [9.17, 15) is 9.59 Å². The molecule has 0 unspecified atom stereocenters. The highest BCUT2D eigenvalue weighted by atomic mass is 16.5. The number of benzene rings is 1. The second-order valence-corrected chi connectivity index (χ2v) is 6.77. The van der Waals surface area contributed by atoms with Gasteiger partial charge in [0.15, 0.2) is 0 Å². The molecule has 5 heteroatoms. The molecule has 1 aliphatic heterocycles. The average Bonchev–Trinajstić information content (AvgIpc) is 2.86. The number of aryl methyl sites for hydroxylation is 2. The van der Waals surface area contributed by atoms with Crippen molar-refractivity contribution in [3.8, 4) is 5.75 Å². The number of methoxy groups -OCH3 is 1. The molecule has 0 N–H and O–H groups in total. The van der Waals surface area contributed by atoms with Crippen molar-refractivity contribution in [1.29, 1.82) is 0 Å². The fourth-order valence-electron chi connectivity index (χ4n) is 3.27. The number of amides is 2. The lowest BCUT2D eigenvalue weighted by molar-refractivity contribution is -0.131. The van der Waals surface area contributed by atoms with Crippen LogP contribution in [0.5, 0.6) is 5.75 Å². The van der Waals surface area contributed by atoms with Gasteiger partial charge in [-0.15, -0.1) is 0 Å². The lowest BCUT2D eigenvalue weighted by Crippen LogP contribution is -2.37. The Morgan fingerprint density at radius 3 is 2.40 bits per heavy atom. The third kappa shape index (κ3) is 4.74. The third-order valence-electron chi connectivity index (χ3n) is 4.85. The second-order valence-electron chi connectivity index (χ2n) is 6.77. The highest BCUT2D eigenvalue weighted by Crippen LogP contribution is 2.24. The Bertz CT molecular complexity index is 628. The van der Waals surface area contributed by atoms with Crippen LogP contribution in [-0.4, -0.2) is 54.9 Å². The molecule has 1 saturated heterocycles. The minimum atomic E-state index is 0.0473. The van der Waals surface area contributed by atoms with Gasteiger partial charge in [-0.05, 0) is 49.9 Å². The molecule has 138 valence electrons. The highest BCUT2D eigenvalue weighted by Gasteiger charge is 2.24. The molecule has 1 aromatic rings. The first-order valence-electron chi connectivity index (χ1n) is 9.20. The van der Waals surface area contributed by atoms with E-state index in [0.29, 0.717) is 26.1 Å². The molecule has 0 spiro atoms. The Labute approximate surface area is 150 Å². The summed E-state index contributed by atoms with van der Waals surface area (Å²) in [7, 11) is 1.64. The zero-order valence-corrected chi connectivity index (χ0v) is 15.9. The summed E-state index contributed by atoms with van der Waals surface area (Å²) in [6.45, 7) is 8.64.